The fourth-order valence-corrected chi connectivity index (χ4v) is 5.51. The van der Waals surface area contributed by atoms with E-state index in [4.69, 9.17) is 15.2 Å². The fourth-order valence-electron chi connectivity index (χ4n) is 5.51. The van der Waals surface area contributed by atoms with Crippen LogP contribution in [0.25, 0.3) is 11.2 Å². The van der Waals surface area contributed by atoms with Gasteiger partial charge >= 0.3 is 6.09 Å². The van der Waals surface area contributed by atoms with Crippen LogP contribution >= 0.6 is 0 Å². The number of rotatable bonds is 8. The zero-order chi connectivity index (χ0) is 28.5. The van der Waals surface area contributed by atoms with Crippen molar-refractivity contribution in [2.24, 2.45) is 5.92 Å². The number of ether oxygens (including phenoxy) is 2. The van der Waals surface area contributed by atoms with Crippen LogP contribution in [0.5, 0.6) is 5.75 Å². The summed E-state index contributed by atoms with van der Waals surface area (Å²) in [5, 5.41) is 24.0. The summed E-state index contributed by atoms with van der Waals surface area (Å²) >= 11 is 0. The number of para-hydroxylation sites is 1. The first kappa shape index (κ1) is 27.4. The molecule has 0 spiro atoms. The van der Waals surface area contributed by atoms with Gasteiger partial charge < -0.3 is 35.6 Å². The molecule has 13 nitrogen and oxygen atoms in total. The molecule has 0 bridgehead atoms. The van der Waals surface area contributed by atoms with Gasteiger partial charge in [0.25, 0.3) is 5.91 Å². The van der Waals surface area contributed by atoms with Gasteiger partial charge in [-0.3, -0.25) is 9.36 Å². The van der Waals surface area contributed by atoms with E-state index in [0.717, 1.165) is 38.5 Å². The van der Waals surface area contributed by atoms with Crippen molar-refractivity contribution in [3.8, 4) is 5.75 Å². The van der Waals surface area contributed by atoms with Crippen LogP contribution in [0.15, 0.2) is 36.7 Å². The largest absolute Gasteiger partial charge is 0.415 e. The number of aromatic nitrogens is 4. The number of nitrogens with zero attached hydrogens (tertiary/aromatic N) is 5. The maximum atomic E-state index is 12.5. The average Bonchev–Trinajstić information content (AvgIpc) is 3.61. The monoisotopic (exact) mass is 565 g/mol. The first-order valence-electron chi connectivity index (χ1n) is 14.2. The highest BCUT2D eigenvalue weighted by molar-refractivity contribution is 5.83. The molecule has 1 saturated carbocycles. The molecule has 13 heteroatoms. The standard InChI is InChI=1S/C28H35N7O6/c29-24-20-25(35(15-30-20)27-22(37)21(36)23(41-27)26(38)31-17-9-10-17)33-19(32-24)8-4-5-16-11-13-34(14-12-16)28(39)40-18-6-2-1-3-7-18/h1-3,6-7,15-17,21-23,27,36-37H,4-5,8-14H2,(H,31,38)(H2,29,32,33)/t21-,22?,23+,27-/m1/s1. The Hall–Kier alpha value is -3.81. The lowest BCUT2D eigenvalue weighted by atomic mass is 9.91. The van der Waals surface area contributed by atoms with Crippen LogP contribution in [0.2, 0.25) is 0 Å². The number of nitrogens with two attached hydrogens (primary N) is 1. The van der Waals surface area contributed by atoms with Crippen LogP contribution in [0.3, 0.4) is 0 Å². The van der Waals surface area contributed by atoms with Crippen LogP contribution in [-0.2, 0) is 16.0 Å². The van der Waals surface area contributed by atoms with Gasteiger partial charge in [0, 0.05) is 25.6 Å². The highest BCUT2D eigenvalue weighted by atomic mass is 16.6. The fraction of sp³-hybridized carbons (Fsp3) is 0.536. The van der Waals surface area contributed by atoms with Gasteiger partial charge in [-0.15, -0.1) is 0 Å². The number of imidazole rings is 1. The molecule has 1 aromatic carbocycles. The predicted molar refractivity (Wildman–Crippen MR) is 147 cm³/mol. The second-order valence-corrected chi connectivity index (χ2v) is 11.1. The number of aliphatic hydroxyl groups is 2. The van der Waals surface area contributed by atoms with Gasteiger partial charge in [0.1, 0.15) is 29.3 Å². The van der Waals surface area contributed by atoms with Gasteiger partial charge in [0.2, 0.25) is 0 Å². The summed E-state index contributed by atoms with van der Waals surface area (Å²) in [6, 6.07) is 9.17. The predicted octanol–water partition coefficient (Wildman–Crippen LogP) is 1.54. The molecule has 1 aliphatic carbocycles. The minimum Gasteiger partial charge on any atom is -0.410 e. The van der Waals surface area contributed by atoms with Crippen LogP contribution in [0.1, 0.15) is 50.6 Å². The van der Waals surface area contributed by atoms with Gasteiger partial charge in [-0.05, 0) is 56.6 Å². The van der Waals surface area contributed by atoms with Crippen molar-refractivity contribution in [3.05, 3.63) is 42.5 Å². The number of likely N-dealkylation sites (tertiary alicyclic amines) is 1. The van der Waals surface area contributed by atoms with Crippen LogP contribution in [-0.4, -0.2) is 84.1 Å². The van der Waals surface area contributed by atoms with Gasteiger partial charge in [0.05, 0.1) is 6.33 Å². The Morgan fingerprint density at radius 3 is 2.56 bits per heavy atom. The third kappa shape index (κ3) is 5.97. The van der Waals surface area contributed by atoms with Crippen molar-refractivity contribution in [1.82, 2.24) is 29.7 Å². The number of hydrogen-bond donors (Lipinski definition) is 4. The molecule has 218 valence electrons. The van der Waals surface area contributed by atoms with Crippen molar-refractivity contribution in [2.75, 3.05) is 18.8 Å². The summed E-state index contributed by atoms with van der Waals surface area (Å²) < 4.78 is 12.8. The molecule has 6 rings (SSSR count). The van der Waals surface area contributed by atoms with E-state index in [1.165, 1.54) is 10.9 Å². The molecular weight excluding hydrogens is 530 g/mol. The van der Waals surface area contributed by atoms with Crippen LogP contribution < -0.4 is 15.8 Å². The zero-order valence-corrected chi connectivity index (χ0v) is 22.6. The maximum absolute atomic E-state index is 12.5. The molecule has 0 radical (unpaired) electrons. The molecule has 3 fully saturated rings. The number of benzene rings is 1. The summed E-state index contributed by atoms with van der Waals surface area (Å²) in [5.41, 5.74) is 6.92. The summed E-state index contributed by atoms with van der Waals surface area (Å²) in [6.07, 6.45) is 2.09. The van der Waals surface area contributed by atoms with Gasteiger partial charge in [-0.1, -0.05) is 18.2 Å². The Labute approximate surface area is 236 Å². The summed E-state index contributed by atoms with van der Waals surface area (Å²) in [7, 11) is 0. The number of nitrogen functional groups attached to an aromatic ring is 1. The third-order valence-electron chi connectivity index (χ3n) is 8.02. The van der Waals surface area contributed by atoms with Crippen molar-refractivity contribution in [3.63, 3.8) is 0 Å². The van der Waals surface area contributed by atoms with E-state index in [-0.39, 0.29) is 18.0 Å². The molecule has 41 heavy (non-hydrogen) atoms. The molecule has 3 aliphatic rings. The molecule has 2 aromatic heterocycles. The average molecular weight is 566 g/mol. The highest BCUT2D eigenvalue weighted by Gasteiger charge is 2.48. The van der Waals surface area contributed by atoms with Crippen molar-refractivity contribution >= 4 is 29.0 Å². The van der Waals surface area contributed by atoms with E-state index in [2.05, 4.69) is 20.3 Å². The van der Waals surface area contributed by atoms with E-state index in [9.17, 15) is 19.8 Å². The second-order valence-electron chi connectivity index (χ2n) is 11.1. The summed E-state index contributed by atoms with van der Waals surface area (Å²) in [4.78, 5) is 40.1. The molecule has 5 N–H and O–H groups in total. The zero-order valence-electron chi connectivity index (χ0n) is 22.6. The number of amides is 2. The maximum Gasteiger partial charge on any atom is 0.415 e. The molecule has 3 aromatic rings. The van der Waals surface area contributed by atoms with E-state index < -0.39 is 30.4 Å². The topological polar surface area (TPSA) is 178 Å². The normalized spacial score (nSPS) is 25.0. The van der Waals surface area contributed by atoms with E-state index in [1.807, 2.05) is 18.2 Å². The number of piperidine rings is 1. The first-order chi connectivity index (χ1) is 19.9. The van der Waals surface area contributed by atoms with Crippen LogP contribution in [0, 0.1) is 5.92 Å². The van der Waals surface area contributed by atoms with Gasteiger partial charge in [-0.25, -0.2) is 19.7 Å². The number of aliphatic hydroxyl groups excluding tert-OH is 2. The summed E-state index contributed by atoms with van der Waals surface area (Å²) in [5.74, 6) is 1.33. The lowest BCUT2D eigenvalue weighted by Crippen LogP contribution is -2.43. The lowest BCUT2D eigenvalue weighted by Gasteiger charge is -2.31. The molecule has 4 heterocycles. The van der Waals surface area contributed by atoms with E-state index in [1.54, 1.807) is 17.0 Å². The molecule has 2 saturated heterocycles. The van der Waals surface area contributed by atoms with Gasteiger partial charge in [0.15, 0.2) is 23.8 Å². The highest BCUT2D eigenvalue weighted by Crippen LogP contribution is 2.33. The number of hydrogen-bond acceptors (Lipinski definition) is 10. The first-order valence-corrected chi connectivity index (χ1v) is 14.2. The smallest absolute Gasteiger partial charge is 0.410 e. The number of aryl methyl sites for hydroxylation is 1. The van der Waals surface area contributed by atoms with Crippen molar-refractivity contribution in [1.29, 1.82) is 0 Å². The molecule has 4 atom stereocenters. The number of carbonyl (C=O) groups excluding carboxylic acids is 2. The van der Waals surface area contributed by atoms with E-state index in [0.29, 0.717) is 48.2 Å². The SMILES string of the molecule is Nc1nc(CCCC2CCN(C(=O)Oc3ccccc3)CC2)nc2c1ncn2[C@@H]1O[C@H](C(=O)NC2CC2)[C@H](O)C1O. The molecule has 1 unspecified atom stereocenters. The van der Waals surface area contributed by atoms with E-state index >= 15 is 0 Å². The Kier molecular flexibility index (Phi) is 7.73. The Morgan fingerprint density at radius 2 is 1.83 bits per heavy atom. The minimum atomic E-state index is -1.39. The third-order valence-corrected chi connectivity index (χ3v) is 8.02. The number of fused-ring (bicyclic) bond motifs is 1. The summed E-state index contributed by atoms with van der Waals surface area (Å²) in [6.45, 7) is 1.31. The van der Waals surface area contributed by atoms with Crippen LogP contribution in [0.4, 0.5) is 10.6 Å². The van der Waals surface area contributed by atoms with Gasteiger partial charge in [-0.2, -0.15) is 0 Å². The molecule has 2 amide bonds. The molecular formula is C28H35N7O6. The number of carbonyl (C=O) groups is 2. The Balaban J connectivity index is 1.04. The number of anilines is 1. The number of nitrogens with one attached hydrogen (secondary N) is 1. The Bertz CT molecular complexity index is 1390. The van der Waals surface area contributed by atoms with Crippen molar-refractivity contribution < 1.29 is 29.3 Å². The second kappa shape index (κ2) is 11.6. The minimum absolute atomic E-state index is 0.0994. The molecule has 2 aliphatic heterocycles. The quantitative estimate of drug-likeness (QED) is 0.313. The Morgan fingerprint density at radius 1 is 1.07 bits per heavy atom. The van der Waals surface area contributed by atoms with Crippen molar-refractivity contribution in [2.45, 2.75) is 75.5 Å². The lowest BCUT2D eigenvalue weighted by molar-refractivity contribution is -0.137.